The highest BCUT2D eigenvalue weighted by atomic mass is 35.5. The van der Waals surface area contributed by atoms with Crippen LogP contribution in [0.25, 0.3) is 10.9 Å². The maximum Gasteiger partial charge on any atom is 0.0748 e. The van der Waals surface area contributed by atoms with Crippen molar-refractivity contribution in [2.75, 3.05) is 0 Å². The summed E-state index contributed by atoms with van der Waals surface area (Å²) >= 11 is 6.10. The smallest absolute Gasteiger partial charge is 0.0748 e. The van der Waals surface area contributed by atoms with Crippen LogP contribution < -0.4 is 0 Å². The molecule has 1 unspecified atom stereocenters. The van der Waals surface area contributed by atoms with Crippen LogP contribution in [0.4, 0.5) is 0 Å². The molecule has 0 saturated heterocycles. The predicted molar refractivity (Wildman–Crippen MR) is 66.8 cm³/mol. The molecule has 0 saturated carbocycles. The first kappa shape index (κ1) is 11.4. The highest BCUT2D eigenvalue weighted by Gasteiger charge is 2.06. The van der Waals surface area contributed by atoms with Crippen LogP contribution in [0.2, 0.25) is 5.02 Å². The summed E-state index contributed by atoms with van der Waals surface area (Å²) in [6.07, 6.45) is 3.05. The molecule has 2 aromatic rings. The van der Waals surface area contributed by atoms with Gasteiger partial charge in [0.1, 0.15) is 0 Å². The molecule has 3 heteroatoms. The lowest BCUT2D eigenvalue weighted by Gasteiger charge is -2.08. The van der Waals surface area contributed by atoms with Crippen LogP contribution in [0.3, 0.4) is 0 Å². The predicted octanol–water partition coefficient (Wildman–Crippen LogP) is 3.20. The van der Waals surface area contributed by atoms with E-state index >= 15 is 0 Å². The fraction of sp³-hybridized carbons (Fsp3) is 0.308. The molecule has 0 spiro atoms. The van der Waals surface area contributed by atoms with E-state index in [0.717, 1.165) is 34.3 Å². The van der Waals surface area contributed by atoms with Crippen molar-refractivity contribution in [3.05, 3.63) is 41.0 Å². The maximum atomic E-state index is 9.29. The number of fused-ring (bicyclic) bond motifs is 1. The molecule has 0 radical (unpaired) electrons. The van der Waals surface area contributed by atoms with Gasteiger partial charge in [0.2, 0.25) is 0 Å². The Morgan fingerprint density at radius 2 is 2.19 bits per heavy atom. The van der Waals surface area contributed by atoms with Gasteiger partial charge in [-0.3, -0.25) is 4.98 Å². The average Bonchev–Trinajstić information content (AvgIpc) is 2.28. The molecule has 0 amide bonds. The number of halogens is 1. The summed E-state index contributed by atoms with van der Waals surface area (Å²) in [5.74, 6) is 0. The van der Waals surface area contributed by atoms with Crippen molar-refractivity contribution in [3.63, 3.8) is 0 Å². The van der Waals surface area contributed by atoms with Crippen molar-refractivity contribution in [1.29, 1.82) is 0 Å². The minimum atomic E-state index is -0.283. The Balaban J connectivity index is 2.42. The molecule has 84 valence electrons. The molecule has 0 aliphatic carbocycles. The number of aromatic nitrogens is 1. The van der Waals surface area contributed by atoms with Gasteiger partial charge in [0.15, 0.2) is 0 Å². The first-order chi connectivity index (χ1) is 7.68. The number of rotatable bonds is 3. The highest BCUT2D eigenvalue weighted by Crippen LogP contribution is 2.25. The fourth-order valence-corrected chi connectivity index (χ4v) is 1.98. The van der Waals surface area contributed by atoms with Crippen molar-refractivity contribution in [1.82, 2.24) is 4.98 Å². The van der Waals surface area contributed by atoms with E-state index in [2.05, 4.69) is 4.98 Å². The van der Waals surface area contributed by atoms with Crippen molar-refractivity contribution < 1.29 is 5.11 Å². The summed E-state index contributed by atoms with van der Waals surface area (Å²) in [5.41, 5.74) is 2.08. The zero-order chi connectivity index (χ0) is 11.5. The van der Waals surface area contributed by atoms with E-state index in [1.165, 1.54) is 0 Å². The average molecular weight is 236 g/mol. The van der Waals surface area contributed by atoms with Crippen LogP contribution in [0.5, 0.6) is 0 Å². The second kappa shape index (κ2) is 4.81. The maximum absolute atomic E-state index is 9.29. The van der Waals surface area contributed by atoms with E-state index in [9.17, 15) is 5.11 Å². The fourth-order valence-electron chi connectivity index (χ4n) is 1.76. The standard InChI is InChI=1S/C13H14ClNO/c1-9(16)4-5-10-6-7-12(14)11-3-2-8-15-13(10)11/h2-3,6-9,16H,4-5H2,1H3. The van der Waals surface area contributed by atoms with E-state index in [1.54, 1.807) is 13.1 Å². The van der Waals surface area contributed by atoms with Crippen molar-refractivity contribution in [2.45, 2.75) is 25.9 Å². The van der Waals surface area contributed by atoms with Gasteiger partial charge in [-0.1, -0.05) is 17.7 Å². The van der Waals surface area contributed by atoms with Crippen LogP contribution in [0.15, 0.2) is 30.5 Å². The third-order valence-electron chi connectivity index (χ3n) is 2.63. The molecule has 0 aliphatic rings. The summed E-state index contributed by atoms with van der Waals surface area (Å²) in [4.78, 5) is 4.35. The quantitative estimate of drug-likeness (QED) is 0.886. The Hall–Kier alpha value is -1.12. The number of nitrogens with zero attached hydrogens (tertiary/aromatic N) is 1. The zero-order valence-corrected chi connectivity index (χ0v) is 9.91. The molecule has 1 N–H and O–H groups in total. The zero-order valence-electron chi connectivity index (χ0n) is 9.15. The van der Waals surface area contributed by atoms with Crippen LogP contribution in [0, 0.1) is 0 Å². The number of aryl methyl sites for hydroxylation is 1. The van der Waals surface area contributed by atoms with E-state index in [1.807, 2.05) is 24.3 Å². The molecule has 2 nitrogen and oxygen atoms in total. The minimum absolute atomic E-state index is 0.283. The minimum Gasteiger partial charge on any atom is -0.393 e. The van der Waals surface area contributed by atoms with Gasteiger partial charge < -0.3 is 5.11 Å². The Morgan fingerprint density at radius 1 is 1.38 bits per heavy atom. The van der Waals surface area contributed by atoms with Crippen LogP contribution in [-0.2, 0) is 6.42 Å². The normalized spacial score (nSPS) is 12.9. The topological polar surface area (TPSA) is 33.1 Å². The summed E-state index contributed by atoms with van der Waals surface area (Å²) in [6.45, 7) is 1.80. The van der Waals surface area contributed by atoms with E-state index in [0.29, 0.717) is 0 Å². The van der Waals surface area contributed by atoms with E-state index < -0.39 is 0 Å². The lowest BCUT2D eigenvalue weighted by atomic mass is 10.0. The molecule has 1 atom stereocenters. The molecule has 1 aromatic heterocycles. The van der Waals surface area contributed by atoms with Gasteiger partial charge in [-0.2, -0.15) is 0 Å². The molecule has 1 aromatic carbocycles. The summed E-state index contributed by atoms with van der Waals surface area (Å²) in [6, 6.07) is 7.73. The summed E-state index contributed by atoms with van der Waals surface area (Å²) in [7, 11) is 0. The number of hydrogen-bond acceptors (Lipinski definition) is 2. The summed E-state index contributed by atoms with van der Waals surface area (Å²) in [5, 5.41) is 11.0. The van der Waals surface area contributed by atoms with Crippen LogP contribution >= 0.6 is 11.6 Å². The molecular weight excluding hydrogens is 222 g/mol. The number of aliphatic hydroxyl groups is 1. The third kappa shape index (κ3) is 2.34. The van der Waals surface area contributed by atoms with Gasteiger partial charge in [-0.25, -0.2) is 0 Å². The Kier molecular flexibility index (Phi) is 3.42. The van der Waals surface area contributed by atoms with Crippen molar-refractivity contribution in [2.24, 2.45) is 0 Å². The van der Waals surface area contributed by atoms with Gasteiger partial charge in [0.05, 0.1) is 11.6 Å². The molecule has 2 rings (SSSR count). The molecule has 0 aliphatic heterocycles. The molecular formula is C13H14ClNO. The third-order valence-corrected chi connectivity index (χ3v) is 2.96. The molecule has 16 heavy (non-hydrogen) atoms. The highest BCUT2D eigenvalue weighted by molar-refractivity contribution is 6.35. The van der Waals surface area contributed by atoms with Crippen molar-refractivity contribution >= 4 is 22.5 Å². The Bertz CT molecular complexity index is 496. The van der Waals surface area contributed by atoms with Crippen molar-refractivity contribution in [3.8, 4) is 0 Å². The summed E-state index contributed by atoms with van der Waals surface area (Å²) < 4.78 is 0. The second-order valence-electron chi connectivity index (χ2n) is 3.99. The van der Waals surface area contributed by atoms with Gasteiger partial charge >= 0.3 is 0 Å². The van der Waals surface area contributed by atoms with Crippen LogP contribution in [0.1, 0.15) is 18.9 Å². The Morgan fingerprint density at radius 3 is 2.94 bits per heavy atom. The number of hydrogen-bond donors (Lipinski definition) is 1. The Labute approximate surface area is 99.9 Å². The number of benzene rings is 1. The van der Waals surface area contributed by atoms with E-state index in [4.69, 9.17) is 11.6 Å². The van der Waals surface area contributed by atoms with Gasteiger partial charge in [-0.05, 0) is 43.5 Å². The largest absolute Gasteiger partial charge is 0.393 e. The monoisotopic (exact) mass is 235 g/mol. The molecule has 1 heterocycles. The lowest BCUT2D eigenvalue weighted by molar-refractivity contribution is 0.185. The lowest BCUT2D eigenvalue weighted by Crippen LogP contribution is -2.02. The van der Waals surface area contributed by atoms with Gasteiger partial charge in [0.25, 0.3) is 0 Å². The second-order valence-corrected chi connectivity index (χ2v) is 4.40. The van der Waals surface area contributed by atoms with Crippen LogP contribution in [-0.4, -0.2) is 16.2 Å². The molecule has 0 bridgehead atoms. The van der Waals surface area contributed by atoms with E-state index in [-0.39, 0.29) is 6.10 Å². The first-order valence-corrected chi connectivity index (χ1v) is 5.76. The molecule has 0 fully saturated rings. The number of pyridine rings is 1. The number of aliphatic hydroxyl groups excluding tert-OH is 1. The van der Waals surface area contributed by atoms with Gasteiger partial charge in [-0.15, -0.1) is 0 Å². The SMILES string of the molecule is CC(O)CCc1ccc(Cl)c2cccnc12. The van der Waals surface area contributed by atoms with Gasteiger partial charge in [0, 0.05) is 16.6 Å². The first-order valence-electron chi connectivity index (χ1n) is 5.38.